The van der Waals surface area contributed by atoms with E-state index in [1.807, 2.05) is 0 Å². The minimum absolute atomic E-state index is 0.00441. The molecule has 0 aliphatic carbocycles. The van der Waals surface area contributed by atoms with Crippen molar-refractivity contribution in [1.82, 2.24) is 9.97 Å². The molecular weight excluding hydrogens is 361 g/mol. The number of sulfone groups is 1. The van der Waals surface area contributed by atoms with Gasteiger partial charge in [-0.3, -0.25) is 0 Å². The number of halogens is 2. The number of nitrogens with zero attached hydrogens (tertiary/aromatic N) is 1. The van der Waals surface area contributed by atoms with E-state index in [9.17, 15) is 12.8 Å². The summed E-state index contributed by atoms with van der Waals surface area (Å²) in [7, 11) is -3.05. The first kappa shape index (κ1) is 16.1. The van der Waals surface area contributed by atoms with Crippen molar-refractivity contribution in [3.63, 3.8) is 0 Å². The molecule has 1 aromatic heterocycles. The zero-order valence-corrected chi connectivity index (χ0v) is 13.7. The highest BCUT2D eigenvalue weighted by atomic mass is 79.9. The molecule has 1 unspecified atom stereocenters. The van der Waals surface area contributed by atoms with Crippen molar-refractivity contribution < 1.29 is 12.8 Å². The Morgan fingerprint density at radius 1 is 1.48 bits per heavy atom. The molecule has 0 spiro atoms. The van der Waals surface area contributed by atoms with Crippen molar-refractivity contribution in [2.75, 3.05) is 12.0 Å². The molecule has 0 bridgehead atoms. The van der Waals surface area contributed by atoms with Gasteiger partial charge < -0.3 is 10.7 Å². The maximum absolute atomic E-state index is 13.1. The summed E-state index contributed by atoms with van der Waals surface area (Å²) in [6.07, 6.45) is 3.05. The van der Waals surface area contributed by atoms with Crippen LogP contribution in [0, 0.1) is 5.82 Å². The quantitative estimate of drug-likeness (QED) is 0.839. The number of H-pyrrole nitrogens is 1. The highest BCUT2D eigenvalue weighted by Crippen LogP contribution is 2.28. The van der Waals surface area contributed by atoms with Gasteiger partial charge in [-0.2, -0.15) is 0 Å². The minimum Gasteiger partial charge on any atom is -0.341 e. The van der Waals surface area contributed by atoms with Crippen LogP contribution in [0.4, 0.5) is 4.39 Å². The van der Waals surface area contributed by atoms with Gasteiger partial charge in [-0.05, 0) is 40.5 Å². The van der Waals surface area contributed by atoms with E-state index < -0.39 is 15.9 Å². The fourth-order valence-electron chi connectivity index (χ4n) is 1.85. The molecule has 0 saturated carbocycles. The summed E-state index contributed by atoms with van der Waals surface area (Å²) in [4.78, 5) is 7.21. The summed E-state index contributed by atoms with van der Waals surface area (Å²) < 4.78 is 36.0. The summed E-state index contributed by atoms with van der Waals surface area (Å²) in [5, 5.41) is 0. The second-order valence-corrected chi connectivity index (χ2v) is 7.95. The van der Waals surface area contributed by atoms with Gasteiger partial charge in [0.05, 0.1) is 23.7 Å². The first-order valence-electron chi connectivity index (χ1n) is 6.20. The Bertz CT molecular complexity index is 746. The molecule has 0 radical (unpaired) electrons. The standard InChI is InChI=1S/C13H15BrFN3O2S/c1-21(19,20)5-4-11(16)13-17-7-12(18-13)9-3-2-8(15)6-10(9)14/h2-3,6-7,11H,4-5,16H2,1H3,(H,17,18). The molecule has 0 fully saturated rings. The van der Waals surface area contributed by atoms with Crippen LogP contribution in [-0.4, -0.2) is 30.4 Å². The van der Waals surface area contributed by atoms with Gasteiger partial charge in [0.25, 0.3) is 0 Å². The highest BCUT2D eigenvalue weighted by Gasteiger charge is 2.15. The average Bonchev–Trinajstić information content (AvgIpc) is 2.84. The molecule has 0 aliphatic rings. The van der Waals surface area contributed by atoms with Crippen LogP contribution >= 0.6 is 15.9 Å². The number of hydrogen-bond donors (Lipinski definition) is 2. The van der Waals surface area contributed by atoms with Crippen LogP contribution in [0.2, 0.25) is 0 Å². The Labute approximate surface area is 130 Å². The molecule has 1 aromatic carbocycles. The lowest BCUT2D eigenvalue weighted by atomic mass is 10.2. The number of imidazole rings is 1. The maximum atomic E-state index is 13.1. The molecule has 1 atom stereocenters. The Morgan fingerprint density at radius 2 is 2.19 bits per heavy atom. The van der Waals surface area contributed by atoms with Gasteiger partial charge in [-0.25, -0.2) is 17.8 Å². The van der Waals surface area contributed by atoms with Crippen LogP contribution in [0.5, 0.6) is 0 Å². The van der Waals surface area contributed by atoms with Crippen LogP contribution < -0.4 is 5.73 Å². The third kappa shape index (κ3) is 4.36. The lowest BCUT2D eigenvalue weighted by Crippen LogP contribution is -2.16. The zero-order chi connectivity index (χ0) is 15.6. The van der Waals surface area contributed by atoms with Gasteiger partial charge in [-0.1, -0.05) is 0 Å². The summed E-state index contributed by atoms with van der Waals surface area (Å²) in [6.45, 7) is 0. The lowest BCUT2D eigenvalue weighted by Gasteiger charge is -2.07. The van der Waals surface area contributed by atoms with Crippen LogP contribution in [-0.2, 0) is 9.84 Å². The number of hydrogen-bond acceptors (Lipinski definition) is 4. The smallest absolute Gasteiger partial charge is 0.147 e. The van der Waals surface area contributed by atoms with Crippen molar-refractivity contribution in [1.29, 1.82) is 0 Å². The van der Waals surface area contributed by atoms with E-state index in [2.05, 4.69) is 25.9 Å². The van der Waals surface area contributed by atoms with E-state index in [0.29, 0.717) is 16.0 Å². The van der Waals surface area contributed by atoms with Gasteiger partial charge >= 0.3 is 0 Å². The van der Waals surface area contributed by atoms with E-state index in [1.54, 1.807) is 12.3 Å². The molecule has 1 heterocycles. The van der Waals surface area contributed by atoms with Crippen LogP contribution in [0.15, 0.2) is 28.9 Å². The van der Waals surface area contributed by atoms with Gasteiger partial charge in [-0.15, -0.1) is 0 Å². The molecule has 0 saturated heterocycles. The number of nitrogens with one attached hydrogen (secondary N) is 1. The Balaban J connectivity index is 2.17. The van der Waals surface area contributed by atoms with Crippen LogP contribution in [0.1, 0.15) is 18.3 Å². The van der Waals surface area contributed by atoms with Gasteiger partial charge in [0.2, 0.25) is 0 Å². The van der Waals surface area contributed by atoms with Crippen molar-refractivity contribution in [2.24, 2.45) is 5.73 Å². The van der Waals surface area contributed by atoms with E-state index in [0.717, 1.165) is 5.56 Å². The van der Waals surface area contributed by atoms with Crippen molar-refractivity contribution in [3.05, 3.63) is 40.5 Å². The van der Waals surface area contributed by atoms with Crippen LogP contribution in [0.25, 0.3) is 11.3 Å². The molecule has 5 nitrogen and oxygen atoms in total. The van der Waals surface area contributed by atoms with Crippen molar-refractivity contribution in [3.8, 4) is 11.3 Å². The third-order valence-electron chi connectivity index (χ3n) is 2.97. The average molecular weight is 376 g/mol. The maximum Gasteiger partial charge on any atom is 0.147 e. The summed E-state index contributed by atoms with van der Waals surface area (Å²) >= 11 is 3.29. The third-order valence-corrected chi connectivity index (χ3v) is 4.60. The van der Waals surface area contributed by atoms with Crippen molar-refractivity contribution in [2.45, 2.75) is 12.5 Å². The van der Waals surface area contributed by atoms with E-state index in [1.165, 1.54) is 18.4 Å². The van der Waals surface area contributed by atoms with Crippen molar-refractivity contribution >= 4 is 25.8 Å². The fourth-order valence-corrected chi connectivity index (χ4v) is 3.09. The fraction of sp³-hybridized carbons (Fsp3) is 0.308. The normalized spacial score (nSPS) is 13.3. The molecule has 114 valence electrons. The predicted octanol–water partition coefficient (Wildman–Crippen LogP) is 2.41. The van der Waals surface area contributed by atoms with Gasteiger partial charge in [0.15, 0.2) is 0 Å². The first-order chi connectivity index (χ1) is 9.76. The van der Waals surface area contributed by atoms with Gasteiger partial charge in [0.1, 0.15) is 21.5 Å². The zero-order valence-electron chi connectivity index (χ0n) is 11.3. The number of nitrogens with two attached hydrogens (primary N) is 1. The molecular formula is C13H15BrFN3O2S. The Hall–Kier alpha value is -1.25. The monoisotopic (exact) mass is 375 g/mol. The van der Waals surface area contributed by atoms with E-state index in [-0.39, 0.29) is 18.0 Å². The summed E-state index contributed by atoms with van der Waals surface area (Å²) in [5.74, 6) is 0.171. The lowest BCUT2D eigenvalue weighted by molar-refractivity contribution is 0.588. The SMILES string of the molecule is CS(=O)(=O)CCC(N)c1ncc(-c2ccc(F)cc2Br)[nH]1. The molecule has 2 rings (SSSR count). The van der Waals surface area contributed by atoms with E-state index >= 15 is 0 Å². The predicted molar refractivity (Wildman–Crippen MR) is 82.9 cm³/mol. The Morgan fingerprint density at radius 3 is 2.81 bits per heavy atom. The van der Waals surface area contributed by atoms with Gasteiger partial charge in [0, 0.05) is 16.3 Å². The second-order valence-electron chi connectivity index (χ2n) is 4.83. The topological polar surface area (TPSA) is 88.8 Å². The molecule has 8 heteroatoms. The number of aromatic amines is 1. The minimum atomic E-state index is -3.05. The number of benzene rings is 1. The number of rotatable bonds is 5. The Kier molecular flexibility index (Phi) is 4.80. The first-order valence-corrected chi connectivity index (χ1v) is 9.05. The molecule has 0 aliphatic heterocycles. The largest absolute Gasteiger partial charge is 0.341 e. The van der Waals surface area contributed by atoms with Crippen LogP contribution in [0.3, 0.4) is 0 Å². The summed E-state index contributed by atoms with van der Waals surface area (Å²) in [6, 6.07) is 3.84. The molecule has 0 amide bonds. The molecule has 21 heavy (non-hydrogen) atoms. The second kappa shape index (κ2) is 6.25. The summed E-state index contributed by atoms with van der Waals surface area (Å²) in [5.41, 5.74) is 7.37. The highest BCUT2D eigenvalue weighted by molar-refractivity contribution is 9.10. The number of aromatic nitrogens is 2. The molecule has 2 aromatic rings. The molecule has 3 N–H and O–H groups in total. The van der Waals surface area contributed by atoms with E-state index in [4.69, 9.17) is 5.73 Å².